The third kappa shape index (κ3) is 3.99. The molecule has 0 aliphatic rings. The molecule has 2 rings (SSSR count). The molecule has 0 heterocycles. The summed E-state index contributed by atoms with van der Waals surface area (Å²) in [5.74, 6) is 0.690. The fourth-order valence-corrected chi connectivity index (χ4v) is 3.46. The molecule has 2 aromatic carbocycles. The van der Waals surface area contributed by atoms with Gasteiger partial charge in [-0.2, -0.15) is 13.7 Å². The van der Waals surface area contributed by atoms with Crippen molar-refractivity contribution in [3.63, 3.8) is 0 Å². The van der Waals surface area contributed by atoms with E-state index in [-0.39, 0.29) is 16.4 Å². The molecule has 0 aromatic heterocycles. The van der Waals surface area contributed by atoms with Gasteiger partial charge in [0.2, 0.25) is 0 Å². The van der Waals surface area contributed by atoms with Crippen molar-refractivity contribution in [1.29, 1.82) is 5.26 Å². The van der Waals surface area contributed by atoms with Crippen LogP contribution in [0.25, 0.3) is 0 Å². The second-order valence-corrected chi connectivity index (χ2v) is 6.94. The number of nitrogens with zero attached hydrogens (tertiary/aromatic N) is 1. The fraction of sp³-hybridized carbons (Fsp3) is 0.188. The zero-order chi connectivity index (χ0) is 17.7. The van der Waals surface area contributed by atoms with Gasteiger partial charge in [0.05, 0.1) is 29.8 Å². The zero-order valence-electron chi connectivity index (χ0n) is 12.9. The van der Waals surface area contributed by atoms with Gasteiger partial charge in [-0.05, 0) is 53.2 Å². The standard InChI is InChI=1S/C16H14BrNO5S/c1-3-22-15-9-11(10-18)8-14(17)16(15)23-24(19,20)13-6-4-12(21-2)5-7-13/h4-9H,3H2,1-2H3. The summed E-state index contributed by atoms with van der Waals surface area (Å²) in [5.41, 5.74) is 0.319. The van der Waals surface area contributed by atoms with Gasteiger partial charge in [0.25, 0.3) is 0 Å². The Morgan fingerprint density at radius 2 is 1.88 bits per heavy atom. The summed E-state index contributed by atoms with van der Waals surface area (Å²) in [7, 11) is -2.58. The van der Waals surface area contributed by atoms with Crippen LogP contribution in [-0.2, 0) is 10.1 Å². The normalized spacial score (nSPS) is 10.8. The first-order chi connectivity index (χ1) is 11.4. The first-order valence-corrected chi connectivity index (χ1v) is 9.06. The Balaban J connectivity index is 2.43. The van der Waals surface area contributed by atoms with Crippen molar-refractivity contribution in [2.45, 2.75) is 11.8 Å². The van der Waals surface area contributed by atoms with Crippen molar-refractivity contribution in [3.8, 4) is 23.3 Å². The molecule has 24 heavy (non-hydrogen) atoms. The summed E-state index contributed by atoms with van der Waals surface area (Å²) in [4.78, 5) is -0.0259. The number of benzene rings is 2. The molecule has 0 fully saturated rings. The lowest BCUT2D eigenvalue weighted by atomic mass is 10.2. The van der Waals surface area contributed by atoms with E-state index in [4.69, 9.17) is 18.9 Å². The van der Waals surface area contributed by atoms with Crippen LogP contribution in [0.15, 0.2) is 45.8 Å². The lowest BCUT2D eigenvalue weighted by molar-refractivity contribution is 0.327. The summed E-state index contributed by atoms with van der Waals surface area (Å²) in [5, 5.41) is 9.01. The Morgan fingerprint density at radius 3 is 2.42 bits per heavy atom. The molecule has 6 nitrogen and oxygen atoms in total. The molecular weight excluding hydrogens is 398 g/mol. The van der Waals surface area contributed by atoms with E-state index in [9.17, 15) is 8.42 Å². The summed E-state index contributed by atoms with van der Waals surface area (Å²) in [6, 6.07) is 10.7. The monoisotopic (exact) mass is 411 g/mol. The molecule has 8 heteroatoms. The first kappa shape index (κ1) is 18.1. The highest BCUT2D eigenvalue weighted by Crippen LogP contribution is 2.38. The van der Waals surface area contributed by atoms with Gasteiger partial charge in [-0.1, -0.05) is 0 Å². The van der Waals surface area contributed by atoms with Gasteiger partial charge >= 0.3 is 10.1 Å². The Kier molecular flexibility index (Phi) is 5.70. The molecule has 0 aliphatic carbocycles. The molecule has 2 aromatic rings. The van der Waals surface area contributed by atoms with Crippen molar-refractivity contribution in [2.24, 2.45) is 0 Å². The molecule has 0 spiro atoms. The minimum atomic E-state index is -4.07. The summed E-state index contributed by atoms with van der Waals surface area (Å²) >= 11 is 3.22. The predicted octanol–water partition coefficient (Wildman–Crippen LogP) is 3.50. The van der Waals surface area contributed by atoms with Gasteiger partial charge in [0, 0.05) is 6.07 Å². The largest absolute Gasteiger partial charge is 0.497 e. The van der Waals surface area contributed by atoms with Crippen LogP contribution in [0.4, 0.5) is 0 Å². The topological polar surface area (TPSA) is 85.6 Å². The Morgan fingerprint density at radius 1 is 1.21 bits per heavy atom. The van der Waals surface area contributed by atoms with Crippen molar-refractivity contribution < 1.29 is 22.1 Å². The van der Waals surface area contributed by atoms with Crippen molar-refractivity contribution in [1.82, 2.24) is 0 Å². The van der Waals surface area contributed by atoms with Crippen LogP contribution in [-0.4, -0.2) is 22.1 Å². The summed E-state index contributed by atoms with van der Waals surface area (Å²) in [6.45, 7) is 2.04. The summed E-state index contributed by atoms with van der Waals surface area (Å²) < 4.78 is 40.8. The SMILES string of the molecule is CCOc1cc(C#N)cc(Br)c1OS(=O)(=O)c1ccc(OC)cc1. The number of hydrogen-bond acceptors (Lipinski definition) is 6. The maximum Gasteiger partial charge on any atom is 0.339 e. The molecular formula is C16H14BrNO5S. The van der Waals surface area contributed by atoms with E-state index in [2.05, 4.69) is 15.9 Å². The zero-order valence-corrected chi connectivity index (χ0v) is 15.3. The van der Waals surface area contributed by atoms with Crippen LogP contribution in [0.1, 0.15) is 12.5 Å². The van der Waals surface area contributed by atoms with Gasteiger partial charge in [0.1, 0.15) is 10.6 Å². The van der Waals surface area contributed by atoms with Crippen molar-refractivity contribution >= 4 is 26.0 Å². The van der Waals surface area contributed by atoms with Crippen LogP contribution >= 0.6 is 15.9 Å². The number of methoxy groups -OCH3 is 1. The average molecular weight is 412 g/mol. The Labute approximate surface area is 148 Å². The van der Waals surface area contributed by atoms with Crippen molar-refractivity contribution in [3.05, 3.63) is 46.4 Å². The van der Waals surface area contributed by atoms with Gasteiger partial charge in [-0.3, -0.25) is 0 Å². The van der Waals surface area contributed by atoms with Gasteiger partial charge in [0.15, 0.2) is 11.5 Å². The van der Waals surface area contributed by atoms with Crippen LogP contribution in [0.2, 0.25) is 0 Å². The first-order valence-electron chi connectivity index (χ1n) is 6.86. The molecule has 0 saturated heterocycles. The molecule has 0 atom stereocenters. The number of nitriles is 1. The maximum absolute atomic E-state index is 12.5. The minimum absolute atomic E-state index is 0.00771. The molecule has 0 bridgehead atoms. The van der Waals surface area contributed by atoms with Gasteiger partial charge in [-0.25, -0.2) is 0 Å². The van der Waals surface area contributed by atoms with Crippen LogP contribution in [0, 0.1) is 11.3 Å². The molecule has 0 N–H and O–H groups in total. The Bertz CT molecular complexity index is 873. The number of ether oxygens (including phenoxy) is 2. The summed E-state index contributed by atoms with van der Waals surface area (Å²) in [6.07, 6.45) is 0. The van der Waals surface area contributed by atoms with Crippen LogP contribution in [0.5, 0.6) is 17.2 Å². The third-order valence-corrected chi connectivity index (χ3v) is 4.80. The molecule has 0 radical (unpaired) electrons. The molecule has 0 aliphatic heterocycles. The average Bonchev–Trinajstić information content (AvgIpc) is 2.58. The lowest BCUT2D eigenvalue weighted by Crippen LogP contribution is -2.11. The van der Waals surface area contributed by atoms with Crippen LogP contribution in [0.3, 0.4) is 0 Å². The molecule has 126 valence electrons. The Hall–Kier alpha value is -2.24. The number of halogens is 1. The third-order valence-electron chi connectivity index (χ3n) is 2.98. The van der Waals surface area contributed by atoms with E-state index in [1.165, 1.54) is 43.5 Å². The van der Waals surface area contributed by atoms with E-state index >= 15 is 0 Å². The highest BCUT2D eigenvalue weighted by atomic mass is 79.9. The van der Waals surface area contributed by atoms with E-state index in [1.54, 1.807) is 6.92 Å². The second-order valence-electron chi connectivity index (χ2n) is 4.54. The highest BCUT2D eigenvalue weighted by molar-refractivity contribution is 9.10. The smallest absolute Gasteiger partial charge is 0.339 e. The highest BCUT2D eigenvalue weighted by Gasteiger charge is 2.22. The molecule has 0 unspecified atom stereocenters. The second kappa shape index (κ2) is 7.55. The fourth-order valence-electron chi connectivity index (χ4n) is 1.88. The van der Waals surface area contributed by atoms with E-state index < -0.39 is 10.1 Å². The number of rotatable bonds is 6. The van der Waals surface area contributed by atoms with E-state index in [1.807, 2.05) is 6.07 Å². The van der Waals surface area contributed by atoms with E-state index in [0.717, 1.165) is 0 Å². The molecule has 0 saturated carbocycles. The lowest BCUT2D eigenvalue weighted by Gasteiger charge is -2.14. The van der Waals surface area contributed by atoms with Crippen molar-refractivity contribution in [2.75, 3.05) is 13.7 Å². The quantitative estimate of drug-likeness (QED) is 0.676. The van der Waals surface area contributed by atoms with Gasteiger partial charge < -0.3 is 13.7 Å². The maximum atomic E-state index is 12.5. The van der Waals surface area contributed by atoms with E-state index in [0.29, 0.717) is 22.4 Å². The molecule has 0 amide bonds. The minimum Gasteiger partial charge on any atom is -0.497 e. The predicted molar refractivity (Wildman–Crippen MR) is 90.8 cm³/mol. The van der Waals surface area contributed by atoms with Crippen LogP contribution < -0.4 is 13.7 Å². The van der Waals surface area contributed by atoms with Gasteiger partial charge in [-0.15, -0.1) is 0 Å². The number of hydrogen-bond donors (Lipinski definition) is 0.